The van der Waals surface area contributed by atoms with E-state index in [4.69, 9.17) is 15.2 Å². The minimum Gasteiger partial charge on any atom is -0.501 e. The summed E-state index contributed by atoms with van der Waals surface area (Å²) in [6.07, 6.45) is 14.3. The number of ether oxygens (including phenoxy) is 2. The minimum absolute atomic E-state index is 0.127. The van der Waals surface area contributed by atoms with Crippen molar-refractivity contribution in [3.8, 4) is 5.75 Å². The van der Waals surface area contributed by atoms with Crippen molar-refractivity contribution in [3.05, 3.63) is 48.7 Å². The van der Waals surface area contributed by atoms with Gasteiger partial charge in [-0.3, -0.25) is 4.98 Å². The lowest BCUT2D eigenvalue weighted by Crippen LogP contribution is -2.31. The molecule has 1 fully saturated rings. The zero-order valence-electron chi connectivity index (χ0n) is 17.0. The first-order valence-corrected chi connectivity index (χ1v) is 10.2. The van der Waals surface area contributed by atoms with E-state index in [2.05, 4.69) is 25.3 Å². The van der Waals surface area contributed by atoms with Crippen LogP contribution in [0.5, 0.6) is 5.75 Å². The van der Waals surface area contributed by atoms with Gasteiger partial charge in [-0.2, -0.15) is 0 Å². The van der Waals surface area contributed by atoms with Crippen molar-refractivity contribution in [2.45, 2.75) is 44.8 Å². The normalized spacial score (nSPS) is 19.1. The maximum absolute atomic E-state index is 6.25. The van der Waals surface area contributed by atoms with Crippen LogP contribution in [0.15, 0.2) is 43.2 Å². The zero-order chi connectivity index (χ0) is 20.8. The summed E-state index contributed by atoms with van der Waals surface area (Å²) in [6.45, 7) is 2.59. The highest BCUT2D eigenvalue weighted by atomic mass is 16.5. The fourth-order valence-electron chi connectivity index (χ4n) is 3.56. The van der Waals surface area contributed by atoms with E-state index >= 15 is 0 Å². The number of hydrogen-bond acceptors (Lipinski definition) is 8. The number of fused-ring (bicyclic) bond motifs is 1. The SMILES string of the molecule is CCO/C=C/c1cnc(NC2CCC(Oc3cc(N)cc4nccnc34)CC2)nc1. The Morgan fingerprint density at radius 3 is 2.60 bits per heavy atom. The predicted octanol–water partition coefficient (Wildman–Crippen LogP) is 3.81. The molecular weight excluding hydrogens is 380 g/mol. The quantitative estimate of drug-likeness (QED) is 0.450. The average molecular weight is 406 g/mol. The van der Waals surface area contributed by atoms with Crippen molar-refractivity contribution in [2.75, 3.05) is 17.7 Å². The smallest absolute Gasteiger partial charge is 0.222 e. The van der Waals surface area contributed by atoms with Crippen LogP contribution in [0.2, 0.25) is 0 Å². The molecule has 0 bridgehead atoms. The van der Waals surface area contributed by atoms with E-state index in [1.165, 1.54) is 0 Å². The van der Waals surface area contributed by atoms with Crippen LogP contribution in [0.3, 0.4) is 0 Å². The summed E-state index contributed by atoms with van der Waals surface area (Å²) >= 11 is 0. The Morgan fingerprint density at radius 2 is 1.83 bits per heavy atom. The maximum atomic E-state index is 6.25. The van der Waals surface area contributed by atoms with Crippen LogP contribution in [-0.4, -0.2) is 38.7 Å². The van der Waals surface area contributed by atoms with Gasteiger partial charge in [0.15, 0.2) is 0 Å². The van der Waals surface area contributed by atoms with E-state index in [1.54, 1.807) is 31.0 Å². The Hall–Kier alpha value is -3.42. The van der Waals surface area contributed by atoms with Crippen LogP contribution in [0.4, 0.5) is 11.6 Å². The van der Waals surface area contributed by atoms with Crippen molar-refractivity contribution in [2.24, 2.45) is 0 Å². The molecule has 4 rings (SSSR count). The molecule has 1 aliphatic rings. The molecule has 30 heavy (non-hydrogen) atoms. The first-order valence-electron chi connectivity index (χ1n) is 10.2. The number of rotatable bonds is 7. The molecule has 3 N–H and O–H groups in total. The van der Waals surface area contributed by atoms with Gasteiger partial charge in [-0.1, -0.05) is 0 Å². The van der Waals surface area contributed by atoms with Crippen LogP contribution in [-0.2, 0) is 4.74 Å². The summed E-state index contributed by atoms with van der Waals surface area (Å²) in [6, 6.07) is 3.97. The fraction of sp³-hybridized carbons (Fsp3) is 0.364. The third-order valence-corrected chi connectivity index (χ3v) is 5.06. The molecule has 2 heterocycles. The topological polar surface area (TPSA) is 108 Å². The molecule has 1 aliphatic carbocycles. The first kappa shape index (κ1) is 19.9. The summed E-state index contributed by atoms with van der Waals surface area (Å²) in [4.78, 5) is 17.5. The number of benzene rings is 1. The molecule has 156 valence electrons. The van der Waals surface area contributed by atoms with Crippen LogP contribution in [0.25, 0.3) is 17.1 Å². The van der Waals surface area contributed by atoms with Crippen LogP contribution in [0, 0.1) is 0 Å². The molecule has 3 aromatic rings. The lowest BCUT2D eigenvalue weighted by atomic mass is 9.93. The molecule has 8 heteroatoms. The summed E-state index contributed by atoms with van der Waals surface area (Å²) in [7, 11) is 0. The summed E-state index contributed by atoms with van der Waals surface area (Å²) in [5.74, 6) is 1.35. The van der Waals surface area contributed by atoms with E-state index < -0.39 is 0 Å². The molecule has 1 saturated carbocycles. The summed E-state index contributed by atoms with van der Waals surface area (Å²) in [5.41, 5.74) is 9.03. The highest BCUT2D eigenvalue weighted by molar-refractivity contribution is 5.84. The van der Waals surface area contributed by atoms with Gasteiger partial charge in [-0.05, 0) is 44.7 Å². The molecule has 0 unspecified atom stereocenters. The number of anilines is 2. The molecule has 0 spiro atoms. The molecule has 0 amide bonds. The number of nitrogens with one attached hydrogen (secondary N) is 1. The highest BCUT2D eigenvalue weighted by Crippen LogP contribution is 2.30. The molecule has 0 radical (unpaired) electrons. The maximum Gasteiger partial charge on any atom is 0.222 e. The van der Waals surface area contributed by atoms with Crippen LogP contribution in [0.1, 0.15) is 38.2 Å². The van der Waals surface area contributed by atoms with Gasteiger partial charge in [-0.25, -0.2) is 15.0 Å². The van der Waals surface area contributed by atoms with E-state index in [0.717, 1.165) is 42.3 Å². The number of hydrogen-bond donors (Lipinski definition) is 2. The Labute approximate surface area is 175 Å². The zero-order valence-corrected chi connectivity index (χ0v) is 17.0. The van der Waals surface area contributed by atoms with Gasteiger partial charge in [0.05, 0.1) is 24.5 Å². The Kier molecular flexibility index (Phi) is 6.22. The summed E-state index contributed by atoms with van der Waals surface area (Å²) < 4.78 is 11.4. The second kappa shape index (κ2) is 9.39. The standard InChI is InChI=1S/C22H26N6O2/c1-2-29-10-7-15-13-26-22(27-14-15)28-17-3-5-18(6-4-17)30-20-12-16(23)11-19-21(20)25-9-8-24-19/h7-14,17-18H,2-6,23H2,1H3,(H,26,27,28)/b10-7+. The van der Waals surface area contributed by atoms with Gasteiger partial charge in [0, 0.05) is 48.1 Å². The third kappa shape index (κ3) is 4.94. The second-order valence-electron chi connectivity index (χ2n) is 7.28. The number of nitrogens with zero attached hydrogens (tertiary/aromatic N) is 4. The van der Waals surface area contributed by atoms with E-state index in [9.17, 15) is 0 Å². The first-order chi connectivity index (χ1) is 14.7. The van der Waals surface area contributed by atoms with Gasteiger partial charge in [0.2, 0.25) is 5.95 Å². The lowest BCUT2D eigenvalue weighted by molar-refractivity contribution is 0.152. The van der Waals surface area contributed by atoms with Crippen LogP contribution < -0.4 is 15.8 Å². The van der Waals surface area contributed by atoms with Crippen molar-refractivity contribution >= 4 is 28.7 Å². The van der Waals surface area contributed by atoms with Crippen molar-refractivity contribution in [3.63, 3.8) is 0 Å². The van der Waals surface area contributed by atoms with Gasteiger partial charge < -0.3 is 20.5 Å². The monoisotopic (exact) mass is 406 g/mol. The molecule has 0 atom stereocenters. The number of nitrogen functional groups attached to an aromatic ring is 1. The van der Waals surface area contributed by atoms with Crippen molar-refractivity contribution < 1.29 is 9.47 Å². The molecule has 8 nitrogen and oxygen atoms in total. The molecule has 2 aromatic heterocycles. The number of aromatic nitrogens is 4. The minimum atomic E-state index is 0.127. The lowest BCUT2D eigenvalue weighted by Gasteiger charge is -2.29. The Balaban J connectivity index is 1.31. The molecular formula is C22H26N6O2. The molecule has 0 saturated heterocycles. The van der Waals surface area contributed by atoms with Gasteiger partial charge >= 0.3 is 0 Å². The molecule has 1 aromatic carbocycles. The Bertz CT molecular complexity index is 1000. The van der Waals surface area contributed by atoms with Gasteiger partial charge in [-0.15, -0.1) is 0 Å². The third-order valence-electron chi connectivity index (χ3n) is 5.06. The largest absolute Gasteiger partial charge is 0.501 e. The second-order valence-corrected chi connectivity index (χ2v) is 7.28. The summed E-state index contributed by atoms with van der Waals surface area (Å²) in [5, 5.41) is 3.42. The fourth-order valence-corrected chi connectivity index (χ4v) is 3.56. The predicted molar refractivity (Wildman–Crippen MR) is 117 cm³/mol. The average Bonchev–Trinajstić information content (AvgIpc) is 2.76. The van der Waals surface area contributed by atoms with Crippen LogP contribution >= 0.6 is 0 Å². The highest BCUT2D eigenvalue weighted by Gasteiger charge is 2.24. The van der Waals surface area contributed by atoms with E-state index in [1.807, 2.05) is 25.1 Å². The van der Waals surface area contributed by atoms with E-state index in [-0.39, 0.29) is 6.10 Å². The van der Waals surface area contributed by atoms with E-state index in [0.29, 0.717) is 30.0 Å². The molecule has 0 aliphatic heterocycles. The Morgan fingerprint density at radius 1 is 1.07 bits per heavy atom. The van der Waals surface area contributed by atoms with Gasteiger partial charge in [0.25, 0.3) is 0 Å². The number of nitrogens with two attached hydrogens (primary N) is 1. The van der Waals surface area contributed by atoms with Gasteiger partial charge in [0.1, 0.15) is 11.3 Å². The van der Waals surface area contributed by atoms with Crippen molar-refractivity contribution in [1.82, 2.24) is 19.9 Å². The van der Waals surface area contributed by atoms with Crippen molar-refractivity contribution in [1.29, 1.82) is 0 Å².